The van der Waals surface area contributed by atoms with Gasteiger partial charge in [-0.3, -0.25) is 9.59 Å². The minimum atomic E-state index is -0.248. The standard InChI is InChI=1S/C28H30N2O4S/c1-4-15-29(28(32)21-11-9-20(2)10-12-21)18-27(31)30-16-13-26-22(14-17-35-26)23(30)19-34-25-8-6-5-7-24(25)33-3/h4-12,14,17,23H,1,13,15-16,18-19H2,2-3H3. The second-order valence-electron chi connectivity index (χ2n) is 8.45. The van der Waals surface area contributed by atoms with E-state index in [0.29, 0.717) is 36.8 Å². The van der Waals surface area contributed by atoms with E-state index in [1.807, 2.05) is 48.2 Å². The average Bonchev–Trinajstić information content (AvgIpc) is 3.36. The number of aryl methyl sites for hydroxylation is 1. The Labute approximate surface area is 210 Å². The lowest BCUT2D eigenvalue weighted by Crippen LogP contribution is -2.47. The molecular weight excluding hydrogens is 460 g/mol. The number of amides is 2. The Balaban J connectivity index is 1.53. The van der Waals surface area contributed by atoms with Crippen LogP contribution in [0.25, 0.3) is 0 Å². The maximum absolute atomic E-state index is 13.6. The molecule has 0 saturated heterocycles. The number of carbonyl (C=O) groups is 2. The van der Waals surface area contributed by atoms with Crippen LogP contribution < -0.4 is 9.47 Å². The molecule has 1 atom stereocenters. The molecule has 2 aromatic carbocycles. The van der Waals surface area contributed by atoms with E-state index < -0.39 is 0 Å². The quantitative estimate of drug-likeness (QED) is 0.401. The summed E-state index contributed by atoms with van der Waals surface area (Å²) in [5.41, 5.74) is 2.73. The molecule has 2 amide bonds. The van der Waals surface area contributed by atoms with Crippen LogP contribution in [0.5, 0.6) is 11.5 Å². The van der Waals surface area contributed by atoms with Gasteiger partial charge in [-0.05, 0) is 54.6 Å². The monoisotopic (exact) mass is 490 g/mol. The van der Waals surface area contributed by atoms with Gasteiger partial charge in [-0.15, -0.1) is 17.9 Å². The van der Waals surface area contributed by atoms with Crippen molar-refractivity contribution in [3.63, 3.8) is 0 Å². The Morgan fingerprint density at radius 3 is 2.60 bits per heavy atom. The molecule has 0 aliphatic carbocycles. The smallest absolute Gasteiger partial charge is 0.254 e. The number of benzene rings is 2. The summed E-state index contributed by atoms with van der Waals surface area (Å²) in [7, 11) is 1.61. The first-order valence-electron chi connectivity index (χ1n) is 11.6. The predicted octanol–water partition coefficient (Wildman–Crippen LogP) is 4.90. The van der Waals surface area contributed by atoms with Crippen LogP contribution in [-0.2, 0) is 11.2 Å². The highest BCUT2D eigenvalue weighted by Crippen LogP contribution is 2.35. The van der Waals surface area contributed by atoms with E-state index >= 15 is 0 Å². The maximum atomic E-state index is 13.6. The van der Waals surface area contributed by atoms with E-state index in [9.17, 15) is 9.59 Å². The minimum Gasteiger partial charge on any atom is -0.493 e. The fourth-order valence-corrected chi connectivity index (χ4v) is 5.22. The zero-order valence-electron chi connectivity index (χ0n) is 20.1. The number of carbonyl (C=O) groups excluding carboxylic acids is 2. The number of methoxy groups -OCH3 is 1. The molecule has 4 rings (SSSR count). The van der Waals surface area contributed by atoms with Gasteiger partial charge in [0, 0.05) is 23.5 Å². The Morgan fingerprint density at radius 2 is 1.89 bits per heavy atom. The molecule has 0 fully saturated rings. The minimum absolute atomic E-state index is 0.0244. The third-order valence-corrected chi connectivity index (χ3v) is 7.14. The Morgan fingerprint density at radius 1 is 1.14 bits per heavy atom. The number of hydrogen-bond donors (Lipinski definition) is 0. The largest absolute Gasteiger partial charge is 0.493 e. The van der Waals surface area contributed by atoms with Crippen LogP contribution in [0.4, 0.5) is 0 Å². The fourth-order valence-electron chi connectivity index (χ4n) is 4.29. The molecule has 182 valence electrons. The first kappa shape index (κ1) is 24.5. The molecule has 0 spiro atoms. The van der Waals surface area contributed by atoms with Crippen LogP contribution in [0.1, 0.15) is 32.4 Å². The van der Waals surface area contributed by atoms with Gasteiger partial charge in [0.2, 0.25) is 5.91 Å². The van der Waals surface area contributed by atoms with Crippen molar-refractivity contribution in [2.75, 3.05) is 33.4 Å². The molecule has 0 N–H and O–H groups in total. The highest BCUT2D eigenvalue weighted by Gasteiger charge is 2.33. The van der Waals surface area contributed by atoms with Crippen molar-refractivity contribution in [2.45, 2.75) is 19.4 Å². The molecule has 1 aromatic heterocycles. The molecule has 0 saturated carbocycles. The van der Waals surface area contributed by atoms with E-state index in [1.165, 1.54) is 4.88 Å². The van der Waals surface area contributed by atoms with E-state index in [2.05, 4.69) is 18.0 Å². The van der Waals surface area contributed by atoms with Gasteiger partial charge in [-0.1, -0.05) is 35.9 Å². The topological polar surface area (TPSA) is 59.1 Å². The zero-order valence-corrected chi connectivity index (χ0v) is 20.9. The molecule has 1 aliphatic rings. The lowest BCUT2D eigenvalue weighted by Gasteiger charge is -2.37. The van der Waals surface area contributed by atoms with Gasteiger partial charge in [0.25, 0.3) is 5.91 Å². The van der Waals surface area contributed by atoms with Crippen molar-refractivity contribution in [1.29, 1.82) is 0 Å². The van der Waals surface area contributed by atoms with Gasteiger partial charge in [0.1, 0.15) is 13.2 Å². The van der Waals surface area contributed by atoms with Crippen molar-refractivity contribution >= 4 is 23.2 Å². The summed E-state index contributed by atoms with van der Waals surface area (Å²) in [4.78, 5) is 31.4. The average molecular weight is 491 g/mol. The summed E-state index contributed by atoms with van der Waals surface area (Å²) in [5.74, 6) is 0.978. The number of rotatable bonds is 9. The van der Waals surface area contributed by atoms with Crippen LogP contribution >= 0.6 is 11.3 Å². The van der Waals surface area contributed by atoms with Crippen LogP contribution in [0.3, 0.4) is 0 Å². The number of hydrogen-bond acceptors (Lipinski definition) is 5. The third kappa shape index (κ3) is 5.57. The summed E-state index contributed by atoms with van der Waals surface area (Å²) in [6.07, 6.45) is 2.44. The Bertz CT molecular complexity index is 1190. The van der Waals surface area contributed by atoms with Crippen molar-refractivity contribution in [1.82, 2.24) is 9.80 Å². The summed E-state index contributed by atoms with van der Waals surface area (Å²) < 4.78 is 11.6. The lowest BCUT2D eigenvalue weighted by atomic mass is 10.0. The van der Waals surface area contributed by atoms with Gasteiger partial charge in [-0.25, -0.2) is 0 Å². The van der Waals surface area contributed by atoms with E-state index in [1.54, 1.807) is 41.6 Å². The van der Waals surface area contributed by atoms with Crippen LogP contribution in [-0.4, -0.2) is 55.0 Å². The molecule has 1 aliphatic heterocycles. The van der Waals surface area contributed by atoms with Gasteiger partial charge < -0.3 is 19.3 Å². The normalized spacial score (nSPS) is 14.7. The predicted molar refractivity (Wildman–Crippen MR) is 138 cm³/mol. The van der Waals surface area contributed by atoms with Gasteiger partial charge in [0.05, 0.1) is 13.2 Å². The molecule has 1 unspecified atom stereocenters. The van der Waals surface area contributed by atoms with E-state index in [-0.39, 0.29) is 24.4 Å². The summed E-state index contributed by atoms with van der Waals surface area (Å²) >= 11 is 1.70. The van der Waals surface area contributed by atoms with Crippen molar-refractivity contribution in [3.05, 3.63) is 94.2 Å². The molecule has 35 heavy (non-hydrogen) atoms. The van der Waals surface area contributed by atoms with Crippen molar-refractivity contribution in [3.8, 4) is 11.5 Å². The molecule has 3 aromatic rings. The van der Waals surface area contributed by atoms with E-state index in [0.717, 1.165) is 17.5 Å². The van der Waals surface area contributed by atoms with Crippen molar-refractivity contribution < 1.29 is 19.1 Å². The van der Waals surface area contributed by atoms with Crippen LogP contribution in [0.15, 0.2) is 72.6 Å². The molecule has 7 heteroatoms. The van der Waals surface area contributed by atoms with Crippen LogP contribution in [0.2, 0.25) is 0 Å². The number of fused-ring (bicyclic) bond motifs is 1. The summed E-state index contributed by atoms with van der Waals surface area (Å²) in [6, 6.07) is 16.7. The molecule has 0 radical (unpaired) electrons. The second kappa shape index (κ2) is 11.2. The van der Waals surface area contributed by atoms with E-state index in [4.69, 9.17) is 9.47 Å². The number of thiophene rings is 1. The lowest BCUT2D eigenvalue weighted by molar-refractivity contribution is -0.135. The molecule has 2 heterocycles. The molecule has 6 nitrogen and oxygen atoms in total. The van der Waals surface area contributed by atoms with Gasteiger partial charge in [-0.2, -0.15) is 0 Å². The van der Waals surface area contributed by atoms with Gasteiger partial charge >= 0.3 is 0 Å². The fraction of sp³-hybridized carbons (Fsp3) is 0.286. The van der Waals surface area contributed by atoms with Gasteiger partial charge in [0.15, 0.2) is 11.5 Å². The SMILES string of the molecule is C=CCN(CC(=O)N1CCc2sccc2C1COc1ccccc1OC)C(=O)c1ccc(C)cc1. The first-order valence-corrected chi connectivity index (χ1v) is 12.5. The number of ether oxygens (including phenoxy) is 2. The molecule has 0 bridgehead atoms. The number of nitrogens with zero attached hydrogens (tertiary/aromatic N) is 2. The zero-order chi connectivity index (χ0) is 24.8. The molecular formula is C28H30N2O4S. The first-order chi connectivity index (χ1) is 17.0. The second-order valence-corrected chi connectivity index (χ2v) is 9.45. The van der Waals surface area contributed by atoms with Crippen LogP contribution in [0, 0.1) is 6.92 Å². The highest BCUT2D eigenvalue weighted by atomic mass is 32.1. The maximum Gasteiger partial charge on any atom is 0.254 e. The summed E-state index contributed by atoms with van der Waals surface area (Å²) in [6.45, 7) is 6.89. The number of para-hydroxylation sites is 2. The summed E-state index contributed by atoms with van der Waals surface area (Å²) in [5, 5.41) is 2.06. The van der Waals surface area contributed by atoms with Crippen molar-refractivity contribution in [2.24, 2.45) is 0 Å². The highest BCUT2D eigenvalue weighted by molar-refractivity contribution is 7.10. The Hall–Kier alpha value is -3.58. The third-order valence-electron chi connectivity index (χ3n) is 6.14. The Kier molecular flexibility index (Phi) is 7.87.